The number of hydrogen-bond acceptors (Lipinski definition) is 10. The van der Waals surface area contributed by atoms with Crippen LogP contribution in [0.3, 0.4) is 0 Å². The number of benzene rings is 3. The Morgan fingerprint density at radius 1 is 0.844 bits per heavy atom. The van der Waals surface area contributed by atoms with Crippen LogP contribution in [-0.4, -0.2) is 65.5 Å². The molecule has 0 atom stereocenters. The summed E-state index contributed by atoms with van der Waals surface area (Å²) in [7, 11) is -9.70. The molecular formula is C30H28F3NO8S3. The standard InChI is InChI=1S/C30H28F3NO8S3/c1-44(36,37)41-23-11-7-21(8-12-23)29-27(25-14-13-24(19-26(25)43-29)42-45(38,39)30(31,32)33)28(35)20-5-9-22(10-6-20)40-18-17-34-15-3-2-4-16-34/h5-14,19H,2-4,15-18H2,1H3. The molecule has 0 N–H and O–H groups in total. The molecular weight excluding hydrogens is 656 g/mol. The normalized spacial score (nSPS) is 14.8. The van der Waals surface area contributed by atoms with E-state index in [1.54, 1.807) is 24.3 Å². The molecule has 0 radical (unpaired) electrons. The number of ketones is 1. The second-order valence-electron chi connectivity index (χ2n) is 10.4. The molecule has 45 heavy (non-hydrogen) atoms. The molecule has 1 aromatic heterocycles. The van der Waals surface area contributed by atoms with E-state index >= 15 is 0 Å². The SMILES string of the molecule is CS(=O)(=O)Oc1ccc(-c2sc3cc(OS(=O)(=O)C(F)(F)F)ccc3c2C(=O)c2ccc(OCCN3CCCCC3)cc2)cc1. The molecule has 1 fully saturated rings. The molecule has 15 heteroatoms. The van der Waals surface area contributed by atoms with E-state index in [0.717, 1.165) is 49.4 Å². The van der Waals surface area contributed by atoms with Crippen molar-refractivity contribution < 1.29 is 47.9 Å². The average Bonchev–Trinajstić information content (AvgIpc) is 3.35. The smallest absolute Gasteiger partial charge is 0.492 e. The summed E-state index contributed by atoms with van der Waals surface area (Å²) in [5.74, 6) is -0.342. The van der Waals surface area contributed by atoms with Crippen molar-refractivity contribution in [3.63, 3.8) is 0 Å². The number of thiophene rings is 1. The number of fused-ring (bicyclic) bond motifs is 1. The fraction of sp³-hybridized carbons (Fsp3) is 0.300. The van der Waals surface area contributed by atoms with Crippen molar-refractivity contribution in [3.8, 4) is 27.7 Å². The number of piperidine rings is 1. The molecule has 0 bridgehead atoms. The van der Waals surface area contributed by atoms with Crippen LogP contribution in [-0.2, 0) is 20.2 Å². The summed E-state index contributed by atoms with van der Waals surface area (Å²) in [6.45, 7) is 3.40. The summed E-state index contributed by atoms with van der Waals surface area (Å²) in [5, 5.41) is 0.357. The Morgan fingerprint density at radius 2 is 1.47 bits per heavy atom. The highest BCUT2D eigenvalue weighted by molar-refractivity contribution is 7.88. The van der Waals surface area contributed by atoms with Crippen LogP contribution in [0.2, 0.25) is 0 Å². The molecule has 2 heterocycles. The van der Waals surface area contributed by atoms with E-state index in [0.29, 0.717) is 33.7 Å². The topological polar surface area (TPSA) is 116 Å². The van der Waals surface area contributed by atoms with Crippen molar-refractivity contribution in [2.45, 2.75) is 24.8 Å². The van der Waals surface area contributed by atoms with Crippen LogP contribution >= 0.6 is 11.3 Å². The van der Waals surface area contributed by atoms with Gasteiger partial charge in [0, 0.05) is 32.6 Å². The van der Waals surface area contributed by atoms with Gasteiger partial charge in [-0.05, 0) is 98.2 Å². The predicted molar refractivity (Wildman–Crippen MR) is 164 cm³/mol. The fourth-order valence-corrected chi connectivity index (χ4v) is 7.04. The van der Waals surface area contributed by atoms with Gasteiger partial charge in [-0.1, -0.05) is 6.42 Å². The maximum absolute atomic E-state index is 13.9. The first-order valence-electron chi connectivity index (χ1n) is 13.8. The summed E-state index contributed by atoms with van der Waals surface area (Å²) in [6, 6.07) is 15.9. The van der Waals surface area contributed by atoms with Gasteiger partial charge in [0.1, 0.15) is 23.9 Å². The van der Waals surface area contributed by atoms with Crippen LogP contribution in [0.1, 0.15) is 35.2 Å². The number of halogens is 3. The van der Waals surface area contributed by atoms with Gasteiger partial charge >= 0.3 is 25.7 Å². The predicted octanol–water partition coefficient (Wildman–Crippen LogP) is 6.23. The van der Waals surface area contributed by atoms with Crippen LogP contribution in [0.5, 0.6) is 17.2 Å². The van der Waals surface area contributed by atoms with Crippen molar-refractivity contribution >= 4 is 47.4 Å². The molecule has 0 aliphatic carbocycles. The van der Waals surface area contributed by atoms with Crippen molar-refractivity contribution in [2.75, 3.05) is 32.5 Å². The van der Waals surface area contributed by atoms with E-state index in [1.165, 1.54) is 49.6 Å². The third-order valence-corrected chi connectivity index (χ3v) is 9.66. The highest BCUT2D eigenvalue weighted by Gasteiger charge is 2.48. The van der Waals surface area contributed by atoms with Crippen molar-refractivity contribution in [3.05, 3.63) is 77.9 Å². The van der Waals surface area contributed by atoms with E-state index < -0.39 is 37.3 Å². The number of likely N-dealkylation sites (tertiary alicyclic amines) is 1. The fourth-order valence-electron chi connectivity index (χ4n) is 4.89. The van der Waals surface area contributed by atoms with Gasteiger partial charge < -0.3 is 13.1 Å². The molecule has 0 spiro atoms. The minimum atomic E-state index is -5.91. The zero-order chi connectivity index (χ0) is 32.4. The van der Waals surface area contributed by atoms with Crippen molar-refractivity contribution in [1.82, 2.24) is 4.90 Å². The summed E-state index contributed by atoms with van der Waals surface area (Å²) in [5.41, 5.74) is -4.60. The Bertz CT molecular complexity index is 1900. The lowest BCUT2D eigenvalue weighted by Gasteiger charge is -2.26. The number of ether oxygens (including phenoxy) is 1. The highest BCUT2D eigenvalue weighted by Crippen LogP contribution is 2.42. The van der Waals surface area contributed by atoms with E-state index in [4.69, 9.17) is 8.92 Å². The second-order valence-corrected chi connectivity index (χ2v) is 14.5. The monoisotopic (exact) mass is 683 g/mol. The number of rotatable bonds is 11. The Labute approximate surface area is 262 Å². The van der Waals surface area contributed by atoms with Crippen LogP contribution in [0.25, 0.3) is 20.5 Å². The van der Waals surface area contributed by atoms with Gasteiger partial charge in [0.15, 0.2) is 5.78 Å². The van der Waals surface area contributed by atoms with Gasteiger partial charge in [-0.2, -0.15) is 30.0 Å². The first kappa shape index (κ1) is 32.7. The Balaban J connectivity index is 1.46. The maximum atomic E-state index is 13.9. The van der Waals surface area contributed by atoms with Gasteiger partial charge in [0.05, 0.1) is 6.26 Å². The summed E-state index contributed by atoms with van der Waals surface area (Å²) in [4.78, 5) is 16.7. The van der Waals surface area contributed by atoms with Gasteiger partial charge in [-0.3, -0.25) is 9.69 Å². The van der Waals surface area contributed by atoms with Crippen LogP contribution in [0.15, 0.2) is 66.7 Å². The number of alkyl halides is 3. The lowest BCUT2D eigenvalue weighted by Crippen LogP contribution is -2.33. The lowest BCUT2D eigenvalue weighted by atomic mass is 9.97. The molecule has 0 unspecified atom stereocenters. The quantitative estimate of drug-likeness (QED) is 0.103. The molecule has 1 aliphatic heterocycles. The molecule has 4 aromatic rings. The van der Waals surface area contributed by atoms with Gasteiger partial charge in [-0.15, -0.1) is 11.3 Å². The summed E-state index contributed by atoms with van der Waals surface area (Å²) in [6.07, 6.45) is 4.49. The first-order valence-corrected chi connectivity index (χ1v) is 17.8. The highest BCUT2D eigenvalue weighted by atomic mass is 32.2. The summed E-state index contributed by atoms with van der Waals surface area (Å²) < 4.78 is 100. The minimum absolute atomic E-state index is 0.0409. The lowest BCUT2D eigenvalue weighted by molar-refractivity contribution is -0.0500. The van der Waals surface area contributed by atoms with E-state index in [1.807, 2.05) is 0 Å². The average molecular weight is 684 g/mol. The number of carbonyl (C=O) groups is 1. The zero-order valence-electron chi connectivity index (χ0n) is 23.9. The number of carbonyl (C=O) groups excluding carboxylic acids is 1. The van der Waals surface area contributed by atoms with Crippen molar-refractivity contribution in [2.24, 2.45) is 0 Å². The Morgan fingerprint density at radius 3 is 2.09 bits per heavy atom. The molecule has 0 saturated carbocycles. The largest absolute Gasteiger partial charge is 0.534 e. The van der Waals surface area contributed by atoms with E-state index in [2.05, 4.69) is 9.08 Å². The molecule has 0 amide bonds. The van der Waals surface area contributed by atoms with Gasteiger partial charge in [0.2, 0.25) is 0 Å². The molecule has 9 nitrogen and oxygen atoms in total. The molecule has 1 aliphatic rings. The van der Waals surface area contributed by atoms with E-state index in [9.17, 15) is 34.8 Å². The first-order chi connectivity index (χ1) is 21.2. The molecule has 3 aromatic carbocycles. The Hall–Kier alpha value is -3.66. The number of hydrogen-bond donors (Lipinski definition) is 0. The van der Waals surface area contributed by atoms with Crippen molar-refractivity contribution in [1.29, 1.82) is 0 Å². The summed E-state index contributed by atoms with van der Waals surface area (Å²) >= 11 is 1.03. The molecule has 1 saturated heterocycles. The van der Waals surface area contributed by atoms with Crippen LogP contribution < -0.4 is 13.1 Å². The Kier molecular flexibility index (Phi) is 9.44. The zero-order valence-corrected chi connectivity index (χ0v) is 26.3. The minimum Gasteiger partial charge on any atom is -0.492 e. The van der Waals surface area contributed by atoms with Crippen LogP contribution in [0.4, 0.5) is 13.2 Å². The number of nitrogens with zero attached hydrogens (tertiary/aromatic N) is 1. The third kappa shape index (κ3) is 7.95. The van der Waals surface area contributed by atoms with Crippen LogP contribution in [0, 0.1) is 0 Å². The third-order valence-electron chi connectivity index (χ3n) is 6.98. The molecule has 240 valence electrons. The van der Waals surface area contributed by atoms with Gasteiger partial charge in [0.25, 0.3) is 0 Å². The van der Waals surface area contributed by atoms with Gasteiger partial charge in [-0.25, -0.2) is 0 Å². The van der Waals surface area contributed by atoms with E-state index in [-0.39, 0.29) is 16.0 Å². The second kappa shape index (κ2) is 13.0. The maximum Gasteiger partial charge on any atom is 0.534 e. The molecule has 5 rings (SSSR count).